The van der Waals surface area contributed by atoms with Crippen LogP contribution in [0.3, 0.4) is 0 Å². The molecule has 4 nitrogen and oxygen atoms in total. The summed E-state index contributed by atoms with van der Waals surface area (Å²) in [6.07, 6.45) is 17.5. The Kier molecular flexibility index (Phi) is 13.3. The molecule has 77 heavy (non-hydrogen) atoms. The Morgan fingerprint density at radius 3 is 1.65 bits per heavy atom. The summed E-state index contributed by atoms with van der Waals surface area (Å²) in [6, 6.07) is 74.8. The van der Waals surface area contributed by atoms with Gasteiger partial charge in [-0.15, -0.1) is 0 Å². The minimum atomic E-state index is -0.231. The van der Waals surface area contributed by atoms with E-state index in [1.54, 1.807) is 0 Å². The highest BCUT2D eigenvalue weighted by molar-refractivity contribution is 6.16. The van der Waals surface area contributed by atoms with E-state index in [2.05, 4.69) is 275 Å². The van der Waals surface area contributed by atoms with Crippen molar-refractivity contribution in [3.05, 3.63) is 277 Å². The maximum absolute atomic E-state index is 5.43. The molecule has 0 fully saturated rings. The number of aromatic nitrogens is 4. The molecule has 0 saturated heterocycles. The van der Waals surface area contributed by atoms with Gasteiger partial charge in [0.2, 0.25) is 0 Å². The highest BCUT2D eigenvalue weighted by Crippen LogP contribution is 2.51. The lowest BCUT2D eigenvalue weighted by molar-refractivity contribution is 0.485. The van der Waals surface area contributed by atoms with Gasteiger partial charge in [-0.1, -0.05) is 239 Å². The molecule has 374 valence electrons. The van der Waals surface area contributed by atoms with E-state index in [0.29, 0.717) is 23.9 Å². The minimum absolute atomic E-state index is 0.0186. The zero-order valence-electron chi connectivity index (χ0n) is 44.5. The van der Waals surface area contributed by atoms with Gasteiger partial charge in [-0.05, 0) is 130 Å². The van der Waals surface area contributed by atoms with Crippen LogP contribution >= 0.6 is 0 Å². The first-order valence-electron chi connectivity index (χ1n) is 27.1. The number of nitrogens with zero attached hydrogens (tertiary/aromatic N) is 4. The van der Waals surface area contributed by atoms with Crippen molar-refractivity contribution >= 4 is 49.8 Å². The van der Waals surface area contributed by atoms with Gasteiger partial charge in [-0.2, -0.15) is 0 Å². The summed E-state index contributed by atoms with van der Waals surface area (Å²) >= 11 is 0. The van der Waals surface area contributed by atoms with E-state index < -0.39 is 0 Å². The number of allylic oxidation sites excluding steroid dienone is 12. The molecule has 8 aromatic carbocycles. The van der Waals surface area contributed by atoms with E-state index in [4.69, 9.17) is 15.0 Å². The van der Waals surface area contributed by atoms with Crippen molar-refractivity contribution in [2.75, 3.05) is 0 Å². The summed E-state index contributed by atoms with van der Waals surface area (Å²) in [5.41, 5.74) is 19.7. The van der Waals surface area contributed by atoms with E-state index in [-0.39, 0.29) is 17.3 Å². The quantitative estimate of drug-likeness (QED) is 0.121. The Balaban J connectivity index is 1.19. The number of benzene rings is 8. The van der Waals surface area contributed by atoms with Gasteiger partial charge in [0.1, 0.15) is 0 Å². The molecule has 2 aliphatic carbocycles. The molecule has 0 N–H and O–H groups in total. The van der Waals surface area contributed by atoms with Crippen LogP contribution in [0.2, 0.25) is 0 Å². The third kappa shape index (κ3) is 9.68. The fourth-order valence-corrected chi connectivity index (χ4v) is 11.5. The molecule has 2 unspecified atom stereocenters. The van der Waals surface area contributed by atoms with Gasteiger partial charge < -0.3 is 4.57 Å². The molecule has 12 rings (SSSR count). The normalized spacial score (nSPS) is 16.1. The predicted molar refractivity (Wildman–Crippen MR) is 325 cm³/mol. The van der Waals surface area contributed by atoms with Crippen molar-refractivity contribution in [3.63, 3.8) is 0 Å². The number of hydrogen-bond donors (Lipinski definition) is 0. The van der Waals surface area contributed by atoms with Crippen LogP contribution in [0.25, 0.3) is 94.6 Å². The van der Waals surface area contributed by atoms with Gasteiger partial charge in [0.15, 0.2) is 17.5 Å². The molecule has 0 radical (unpaired) electrons. The van der Waals surface area contributed by atoms with Crippen molar-refractivity contribution < 1.29 is 0 Å². The number of rotatable bonds is 11. The highest BCUT2D eigenvalue weighted by atomic mass is 15.0. The molecule has 0 spiro atoms. The zero-order valence-corrected chi connectivity index (χ0v) is 44.5. The molecular formula is C73H62N4. The highest BCUT2D eigenvalue weighted by Gasteiger charge is 2.36. The molecule has 0 saturated carbocycles. The summed E-state index contributed by atoms with van der Waals surface area (Å²) in [5, 5.41) is 2.47. The molecule has 0 amide bonds. The maximum atomic E-state index is 5.43. The van der Waals surface area contributed by atoms with Crippen molar-refractivity contribution in [1.82, 2.24) is 19.5 Å². The van der Waals surface area contributed by atoms with Gasteiger partial charge in [-0.3, -0.25) is 0 Å². The molecule has 2 aliphatic rings. The largest absolute Gasteiger partial charge is 0.312 e. The topological polar surface area (TPSA) is 43.6 Å². The van der Waals surface area contributed by atoms with Gasteiger partial charge in [-0.25, -0.2) is 15.0 Å². The van der Waals surface area contributed by atoms with Crippen molar-refractivity contribution in [1.29, 1.82) is 0 Å². The van der Waals surface area contributed by atoms with Crippen molar-refractivity contribution in [2.45, 2.75) is 52.9 Å². The van der Waals surface area contributed by atoms with Crippen LogP contribution in [0.5, 0.6) is 0 Å². The lowest BCUT2D eigenvalue weighted by Crippen LogP contribution is -2.24. The third-order valence-electron chi connectivity index (χ3n) is 15.4. The Morgan fingerprint density at radius 2 is 1.06 bits per heavy atom. The molecule has 0 aliphatic heterocycles. The first-order valence-corrected chi connectivity index (χ1v) is 27.1. The van der Waals surface area contributed by atoms with Gasteiger partial charge in [0.25, 0.3) is 0 Å². The van der Waals surface area contributed by atoms with E-state index in [9.17, 15) is 0 Å². The molecule has 4 heteroatoms. The fraction of sp³-hybridized carbons (Fsp3) is 0.137. The second-order valence-electron chi connectivity index (χ2n) is 21.4. The molecule has 2 atom stereocenters. The van der Waals surface area contributed by atoms with Crippen LogP contribution in [-0.4, -0.2) is 19.5 Å². The summed E-state index contributed by atoms with van der Waals surface area (Å²) in [4.78, 5) is 16.0. The first kappa shape index (κ1) is 48.9. The second kappa shape index (κ2) is 21.0. The average Bonchev–Trinajstić information content (AvgIpc) is 3.88. The minimum Gasteiger partial charge on any atom is -0.312 e. The lowest BCUT2D eigenvalue weighted by atomic mass is 9.73. The van der Waals surface area contributed by atoms with Gasteiger partial charge in [0, 0.05) is 39.1 Å². The lowest BCUT2D eigenvalue weighted by Gasteiger charge is -2.36. The van der Waals surface area contributed by atoms with Crippen molar-refractivity contribution in [3.8, 4) is 44.8 Å². The predicted octanol–water partition coefficient (Wildman–Crippen LogP) is 19.1. The average molecular weight is 995 g/mol. The van der Waals surface area contributed by atoms with Crippen LogP contribution in [0.4, 0.5) is 0 Å². The van der Waals surface area contributed by atoms with Crippen molar-refractivity contribution in [2.24, 2.45) is 11.8 Å². The zero-order chi connectivity index (χ0) is 52.5. The number of hydrogen-bond acceptors (Lipinski definition) is 3. The van der Waals surface area contributed by atoms with E-state index in [1.165, 1.54) is 77.6 Å². The Morgan fingerprint density at radius 1 is 0.532 bits per heavy atom. The van der Waals surface area contributed by atoms with Crippen LogP contribution < -0.4 is 0 Å². The van der Waals surface area contributed by atoms with E-state index in [1.807, 2.05) is 13.0 Å². The smallest absolute Gasteiger partial charge is 0.164 e. The molecule has 2 heterocycles. The Bertz CT molecular complexity index is 3980. The summed E-state index contributed by atoms with van der Waals surface area (Å²) < 4.78 is 2.69. The monoisotopic (exact) mass is 994 g/mol. The molecule has 0 bridgehead atoms. The maximum Gasteiger partial charge on any atom is 0.164 e. The Labute approximate surface area is 453 Å². The molecular weight excluding hydrogens is 933 g/mol. The molecule has 10 aromatic rings. The van der Waals surface area contributed by atoms with Gasteiger partial charge in [0.05, 0.1) is 11.0 Å². The fourth-order valence-electron chi connectivity index (χ4n) is 11.5. The SMILES string of the molecule is C/C=C\C(=C/C)c1nc(C2=CC(c3ccc(-c4ccccc4)cc3)=C(n3c4ccc(-c5ccccc5)cc4c4cc(-c5ccccc5)cc(C(C)(C)C)c43)C(C3C=CC(c4ccccc4)=CC3)C2)nc(-c2ccccc2)n1. The van der Waals surface area contributed by atoms with Crippen LogP contribution in [0, 0.1) is 11.8 Å². The molecule has 2 aromatic heterocycles. The summed E-state index contributed by atoms with van der Waals surface area (Å²) in [6.45, 7) is 11.2. The van der Waals surface area contributed by atoms with E-state index >= 15 is 0 Å². The summed E-state index contributed by atoms with van der Waals surface area (Å²) in [5.74, 6) is 2.11. The van der Waals surface area contributed by atoms with Crippen LogP contribution in [0.15, 0.2) is 249 Å². The Hall–Kier alpha value is -8.99. The number of fused-ring (bicyclic) bond motifs is 3. The standard InChI is InChI=1S/C73H62N4/c1-6-23-49(7-2)70-74-71(58-32-21-12-22-33-58)76-72(75-70)61-46-62(56-38-34-54(35-39-56)50-24-13-8-14-25-50)68(63(47-61)57-40-36-55(37-41-57)51-26-15-9-16-27-51)77-67-43-42-59(52-28-17-10-18-29-52)44-64(67)65-45-60(53-30-19-11-20-31-53)48-66(69(65)77)73(3,4)5/h6-40,42-46,48,57,63H,41,47H2,1-5H3/b23-6-,49-7+. The second-order valence-corrected chi connectivity index (χ2v) is 21.4. The van der Waals surface area contributed by atoms with Gasteiger partial charge >= 0.3 is 0 Å². The summed E-state index contributed by atoms with van der Waals surface area (Å²) in [7, 11) is 0. The first-order chi connectivity index (χ1) is 37.7. The van der Waals surface area contributed by atoms with Crippen LogP contribution in [-0.2, 0) is 5.41 Å². The van der Waals surface area contributed by atoms with Crippen LogP contribution in [0.1, 0.15) is 75.8 Å². The third-order valence-corrected chi connectivity index (χ3v) is 15.4. The van der Waals surface area contributed by atoms with E-state index in [0.717, 1.165) is 34.3 Å².